The van der Waals surface area contributed by atoms with Gasteiger partial charge in [0.1, 0.15) is 0 Å². The van der Waals surface area contributed by atoms with Gasteiger partial charge in [0.05, 0.1) is 11.8 Å². The minimum atomic E-state index is 0.472. The van der Waals surface area contributed by atoms with Crippen LogP contribution in [-0.2, 0) is 7.05 Å². The van der Waals surface area contributed by atoms with Gasteiger partial charge < -0.3 is 5.32 Å². The first kappa shape index (κ1) is 12.3. The SMILES string of the molecule is CCNc1nc(-c2cnn(C)c2)nc(-n2cccn2)n1. The molecule has 3 rings (SSSR count). The number of aromatic nitrogens is 7. The molecule has 1 N–H and O–H groups in total. The maximum absolute atomic E-state index is 4.43. The zero-order valence-electron chi connectivity index (χ0n) is 11.2. The van der Waals surface area contributed by atoms with Crippen LogP contribution in [0.3, 0.4) is 0 Å². The Bertz CT molecular complexity index is 700. The van der Waals surface area contributed by atoms with Crippen molar-refractivity contribution in [3.63, 3.8) is 0 Å². The molecule has 0 saturated heterocycles. The van der Waals surface area contributed by atoms with Gasteiger partial charge in [-0.25, -0.2) is 4.68 Å². The van der Waals surface area contributed by atoms with Crippen molar-refractivity contribution in [2.75, 3.05) is 11.9 Å². The molecular weight excluding hydrogens is 256 g/mol. The van der Waals surface area contributed by atoms with Crippen molar-refractivity contribution in [2.24, 2.45) is 7.05 Å². The summed E-state index contributed by atoms with van der Waals surface area (Å²) in [5, 5.41) is 11.4. The molecule has 3 aromatic heterocycles. The van der Waals surface area contributed by atoms with Gasteiger partial charge in [0, 0.05) is 32.2 Å². The Morgan fingerprint density at radius 2 is 2.10 bits per heavy atom. The number of nitrogens with zero attached hydrogens (tertiary/aromatic N) is 7. The molecule has 0 aliphatic rings. The highest BCUT2D eigenvalue weighted by atomic mass is 15.4. The molecule has 8 heteroatoms. The molecule has 8 nitrogen and oxygen atoms in total. The van der Waals surface area contributed by atoms with E-state index in [0.29, 0.717) is 17.7 Å². The van der Waals surface area contributed by atoms with Crippen molar-refractivity contribution in [3.05, 3.63) is 30.9 Å². The van der Waals surface area contributed by atoms with Crippen molar-refractivity contribution in [2.45, 2.75) is 6.92 Å². The molecule has 0 spiro atoms. The van der Waals surface area contributed by atoms with Crippen LogP contribution >= 0.6 is 0 Å². The Morgan fingerprint density at radius 1 is 1.20 bits per heavy atom. The first-order valence-corrected chi connectivity index (χ1v) is 6.25. The second-order valence-electron chi connectivity index (χ2n) is 4.17. The molecule has 0 saturated carbocycles. The van der Waals surface area contributed by atoms with Gasteiger partial charge in [-0.05, 0) is 13.0 Å². The van der Waals surface area contributed by atoms with Crippen LogP contribution in [0.2, 0.25) is 0 Å². The minimum absolute atomic E-state index is 0.472. The van der Waals surface area contributed by atoms with E-state index in [4.69, 9.17) is 0 Å². The summed E-state index contributed by atoms with van der Waals surface area (Å²) in [6, 6.07) is 1.82. The molecule has 0 fully saturated rings. The normalized spacial score (nSPS) is 10.7. The summed E-state index contributed by atoms with van der Waals surface area (Å²) in [4.78, 5) is 13.2. The van der Waals surface area contributed by atoms with Crippen molar-refractivity contribution in [1.29, 1.82) is 0 Å². The Morgan fingerprint density at radius 3 is 2.75 bits per heavy atom. The van der Waals surface area contributed by atoms with E-state index < -0.39 is 0 Å². The van der Waals surface area contributed by atoms with Crippen molar-refractivity contribution in [1.82, 2.24) is 34.5 Å². The topological polar surface area (TPSA) is 86.3 Å². The molecule has 0 bridgehead atoms. The highest BCUT2D eigenvalue weighted by Crippen LogP contribution is 2.16. The van der Waals surface area contributed by atoms with Gasteiger partial charge in [-0.3, -0.25) is 4.68 Å². The van der Waals surface area contributed by atoms with Crippen LogP contribution in [0.5, 0.6) is 0 Å². The first-order chi connectivity index (χ1) is 9.76. The van der Waals surface area contributed by atoms with Crippen LogP contribution in [0.4, 0.5) is 5.95 Å². The monoisotopic (exact) mass is 270 g/mol. The molecule has 0 aromatic carbocycles. The third kappa shape index (κ3) is 2.35. The van der Waals surface area contributed by atoms with Gasteiger partial charge in [-0.15, -0.1) is 0 Å². The van der Waals surface area contributed by atoms with Gasteiger partial charge >= 0.3 is 0 Å². The predicted octanol–water partition coefficient (Wildman–Crippen LogP) is 0.890. The lowest BCUT2D eigenvalue weighted by atomic mass is 10.3. The zero-order chi connectivity index (χ0) is 13.9. The Balaban J connectivity index is 2.09. The smallest absolute Gasteiger partial charge is 0.255 e. The maximum atomic E-state index is 4.43. The summed E-state index contributed by atoms with van der Waals surface area (Å²) in [6.45, 7) is 2.72. The third-order valence-electron chi connectivity index (χ3n) is 2.63. The first-order valence-electron chi connectivity index (χ1n) is 6.25. The van der Waals surface area contributed by atoms with E-state index in [2.05, 4.69) is 30.5 Å². The van der Waals surface area contributed by atoms with E-state index in [-0.39, 0.29) is 0 Å². The van der Waals surface area contributed by atoms with E-state index in [9.17, 15) is 0 Å². The van der Waals surface area contributed by atoms with Crippen LogP contribution in [0, 0.1) is 0 Å². The number of rotatable bonds is 4. The van der Waals surface area contributed by atoms with Crippen LogP contribution in [0.15, 0.2) is 30.9 Å². The average Bonchev–Trinajstić information content (AvgIpc) is 3.09. The quantitative estimate of drug-likeness (QED) is 0.757. The molecule has 0 radical (unpaired) electrons. The summed E-state index contributed by atoms with van der Waals surface area (Å²) in [5.41, 5.74) is 0.836. The number of hydrogen-bond donors (Lipinski definition) is 1. The number of anilines is 1. The minimum Gasteiger partial charge on any atom is -0.354 e. The standard InChI is InChI=1S/C12H14N8/c1-3-13-11-16-10(9-7-15-19(2)8-9)17-12(18-11)20-6-4-5-14-20/h4-8H,3H2,1-2H3,(H,13,16,17,18). The van der Waals surface area contributed by atoms with Gasteiger partial charge in [-0.1, -0.05) is 0 Å². The van der Waals surface area contributed by atoms with E-state index in [1.54, 1.807) is 28.0 Å². The lowest BCUT2D eigenvalue weighted by Gasteiger charge is -2.06. The molecule has 3 aromatic rings. The molecule has 0 unspecified atom stereocenters. The van der Waals surface area contributed by atoms with E-state index >= 15 is 0 Å². The molecule has 20 heavy (non-hydrogen) atoms. The Labute approximate surface area is 115 Å². The summed E-state index contributed by atoms with van der Waals surface area (Å²) >= 11 is 0. The van der Waals surface area contributed by atoms with Crippen LogP contribution < -0.4 is 5.32 Å². The molecule has 102 valence electrons. The van der Waals surface area contributed by atoms with Crippen LogP contribution in [0.25, 0.3) is 17.3 Å². The lowest BCUT2D eigenvalue weighted by Crippen LogP contribution is -2.10. The van der Waals surface area contributed by atoms with Crippen molar-refractivity contribution < 1.29 is 0 Å². The van der Waals surface area contributed by atoms with Gasteiger partial charge in [0.25, 0.3) is 5.95 Å². The zero-order valence-corrected chi connectivity index (χ0v) is 11.2. The van der Waals surface area contributed by atoms with Gasteiger partial charge in [-0.2, -0.15) is 25.1 Å². The Hall–Kier alpha value is -2.77. The van der Waals surface area contributed by atoms with Crippen LogP contribution in [-0.4, -0.2) is 41.1 Å². The third-order valence-corrected chi connectivity index (χ3v) is 2.63. The fourth-order valence-electron chi connectivity index (χ4n) is 1.76. The fourth-order valence-corrected chi connectivity index (χ4v) is 1.76. The highest BCUT2D eigenvalue weighted by Gasteiger charge is 2.11. The van der Waals surface area contributed by atoms with Gasteiger partial charge in [0.2, 0.25) is 5.95 Å². The Kier molecular flexibility index (Phi) is 3.12. The number of hydrogen-bond acceptors (Lipinski definition) is 6. The second kappa shape index (κ2) is 5.08. The van der Waals surface area contributed by atoms with Crippen molar-refractivity contribution >= 4 is 5.95 Å². The highest BCUT2D eigenvalue weighted by molar-refractivity contribution is 5.54. The molecular formula is C12H14N8. The van der Waals surface area contributed by atoms with E-state index in [1.807, 2.05) is 26.2 Å². The summed E-state index contributed by atoms with van der Waals surface area (Å²) < 4.78 is 3.31. The summed E-state index contributed by atoms with van der Waals surface area (Å²) in [5.74, 6) is 1.56. The predicted molar refractivity (Wildman–Crippen MR) is 73.3 cm³/mol. The molecule has 0 atom stereocenters. The molecule has 0 aliphatic heterocycles. The largest absolute Gasteiger partial charge is 0.354 e. The van der Waals surface area contributed by atoms with Crippen LogP contribution in [0.1, 0.15) is 6.92 Å². The lowest BCUT2D eigenvalue weighted by molar-refractivity contribution is 0.767. The summed E-state index contributed by atoms with van der Waals surface area (Å²) in [7, 11) is 1.85. The molecule has 0 amide bonds. The number of nitrogens with one attached hydrogen (secondary N) is 1. The number of aryl methyl sites for hydroxylation is 1. The van der Waals surface area contributed by atoms with Crippen molar-refractivity contribution in [3.8, 4) is 17.3 Å². The average molecular weight is 270 g/mol. The summed E-state index contributed by atoms with van der Waals surface area (Å²) in [6.07, 6.45) is 7.05. The fraction of sp³-hybridized carbons (Fsp3) is 0.250. The maximum Gasteiger partial charge on any atom is 0.255 e. The van der Waals surface area contributed by atoms with E-state index in [0.717, 1.165) is 12.1 Å². The molecule has 3 heterocycles. The van der Waals surface area contributed by atoms with E-state index in [1.165, 1.54) is 0 Å². The van der Waals surface area contributed by atoms with Gasteiger partial charge in [0.15, 0.2) is 5.82 Å². The molecule has 0 aliphatic carbocycles. The second-order valence-corrected chi connectivity index (χ2v) is 4.17.